The summed E-state index contributed by atoms with van der Waals surface area (Å²) in [6.45, 7) is 2.85. The molecule has 0 aromatic rings. The smallest absolute Gasteiger partial charge is 0.302 e. The first-order valence-corrected chi connectivity index (χ1v) is 3.54. The Bertz CT molecular complexity index is 118. The summed E-state index contributed by atoms with van der Waals surface area (Å²) in [5.74, 6) is -0.197. The van der Waals surface area contributed by atoms with Crippen LogP contribution in [0, 0.1) is 0 Å². The molecule has 3 heteroatoms. The van der Waals surface area contributed by atoms with E-state index in [-0.39, 0.29) is 5.97 Å². The number of hydrogen-bond acceptors (Lipinski definition) is 3. The van der Waals surface area contributed by atoms with Crippen LogP contribution in [0.25, 0.3) is 0 Å². The Balaban J connectivity index is 1.80. The van der Waals surface area contributed by atoms with Gasteiger partial charge in [-0.3, -0.25) is 4.79 Å². The Morgan fingerprint density at radius 3 is 3.00 bits per heavy atom. The molecule has 0 saturated carbocycles. The second-order valence-corrected chi connectivity index (χ2v) is 2.44. The van der Waals surface area contributed by atoms with Crippen molar-refractivity contribution in [2.75, 3.05) is 13.2 Å². The van der Waals surface area contributed by atoms with Crippen LogP contribution in [0.1, 0.15) is 19.8 Å². The Morgan fingerprint density at radius 2 is 2.50 bits per heavy atom. The molecule has 0 aromatic carbocycles. The van der Waals surface area contributed by atoms with Gasteiger partial charge in [-0.2, -0.15) is 0 Å². The van der Waals surface area contributed by atoms with Crippen LogP contribution in [-0.4, -0.2) is 25.3 Å². The molecule has 0 bridgehead atoms. The van der Waals surface area contributed by atoms with E-state index in [2.05, 4.69) is 0 Å². The zero-order valence-corrected chi connectivity index (χ0v) is 6.13. The number of rotatable bonds is 4. The second-order valence-electron chi connectivity index (χ2n) is 2.44. The van der Waals surface area contributed by atoms with Crippen LogP contribution >= 0.6 is 0 Å². The molecule has 1 aliphatic heterocycles. The highest BCUT2D eigenvalue weighted by molar-refractivity contribution is 5.65. The van der Waals surface area contributed by atoms with Gasteiger partial charge in [0.25, 0.3) is 0 Å². The monoisotopic (exact) mass is 144 g/mol. The van der Waals surface area contributed by atoms with Crippen LogP contribution in [0.15, 0.2) is 0 Å². The molecule has 0 aromatic heterocycles. The van der Waals surface area contributed by atoms with E-state index < -0.39 is 0 Å². The Morgan fingerprint density at radius 1 is 1.80 bits per heavy atom. The van der Waals surface area contributed by atoms with Crippen molar-refractivity contribution in [3.63, 3.8) is 0 Å². The van der Waals surface area contributed by atoms with Gasteiger partial charge in [-0.1, -0.05) is 0 Å². The molecule has 3 nitrogen and oxygen atoms in total. The summed E-state index contributed by atoms with van der Waals surface area (Å²) >= 11 is 0. The molecule has 58 valence electrons. The lowest BCUT2D eigenvalue weighted by Gasteiger charge is -1.98. The van der Waals surface area contributed by atoms with Gasteiger partial charge in [-0.25, -0.2) is 0 Å². The summed E-state index contributed by atoms with van der Waals surface area (Å²) in [6, 6.07) is 0. The fraction of sp³-hybridized carbons (Fsp3) is 0.857. The van der Waals surface area contributed by atoms with Crippen LogP contribution in [-0.2, 0) is 14.3 Å². The summed E-state index contributed by atoms with van der Waals surface area (Å²) in [5, 5.41) is 0. The first-order valence-electron chi connectivity index (χ1n) is 3.54. The Hall–Kier alpha value is -0.570. The summed E-state index contributed by atoms with van der Waals surface area (Å²) in [6.07, 6.45) is 2.40. The quantitative estimate of drug-likeness (QED) is 0.331. The highest BCUT2D eigenvalue weighted by Crippen LogP contribution is 2.14. The highest BCUT2D eigenvalue weighted by atomic mass is 16.6. The largest absolute Gasteiger partial charge is 0.466 e. The zero-order chi connectivity index (χ0) is 7.40. The number of ether oxygens (including phenoxy) is 2. The standard InChI is InChI=1S/C7H12O3/c1-6(8)9-4-2-3-7-5-10-7/h7H,2-5H2,1H3/t7-/m0/s1. The zero-order valence-electron chi connectivity index (χ0n) is 6.13. The van der Waals surface area contributed by atoms with Crippen molar-refractivity contribution >= 4 is 5.97 Å². The van der Waals surface area contributed by atoms with E-state index in [0.717, 1.165) is 19.4 Å². The summed E-state index contributed by atoms with van der Waals surface area (Å²) in [4.78, 5) is 10.3. The van der Waals surface area contributed by atoms with Gasteiger partial charge < -0.3 is 9.47 Å². The summed E-state index contributed by atoms with van der Waals surface area (Å²) < 4.78 is 9.70. The molecule has 1 saturated heterocycles. The van der Waals surface area contributed by atoms with Crippen LogP contribution in [0.4, 0.5) is 0 Å². The first-order chi connectivity index (χ1) is 4.79. The number of carbonyl (C=O) groups excluding carboxylic acids is 1. The van der Waals surface area contributed by atoms with E-state index in [1.165, 1.54) is 6.92 Å². The van der Waals surface area contributed by atoms with E-state index in [0.29, 0.717) is 12.7 Å². The molecule has 1 heterocycles. The lowest BCUT2D eigenvalue weighted by Crippen LogP contribution is -2.01. The maximum atomic E-state index is 10.3. The number of carbonyl (C=O) groups is 1. The van der Waals surface area contributed by atoms with Gasteiger partial charge in [0.2, 0.25) is 0 Å². The predicted octanol–water partition coefficient (Wildman–Crippen LogP) is 0.729. The number of epoxide rings is 1. The van der Waals surface area contributed by atoms with Gasteiger partial charge in [-0.15, -0.1) is 0 Å². The van der Waals surface area contributed by atoms with Crippen LogP contribution in [0.5, 0.6) is 0 Å². The minimum Gasteiger partial charge on any atom is -0.466 e. The second kappa shape index (κ2) is 3.56. The topological polar surface area (TPSA) is 38.8 Å². The van der Waals surface area contributed by atoms with Crippen molar-refractivity contribution in [1.29, 1.82) is 0 Å². The summed E-state index contributed by atoms with van der Waals surface area (Å²) in [7, 11) is 0. The van der Waals surface area contributed by atoms with Crippen molar-refractivity contribution in [2.24, 2.45) is 0 Å². The molecule has 1 fully saturated rings. The van der Waals surface area contributed by atoms with Crippen molar-refractivity contribution in [1.82, 2.24) is 0 Å². The minimum absolute atomic E-state index is 0.197. The molecule has 10 heavy (non-hydrogen) atoms. The molecular weight excluding hydrogens is 132 g/mol. The molecule has 1 atom stereocenters. The van der Waals surface area contributed by atoms with Crippen LogP contribution in [0.3, 0.4) is 0 Å². The fourth-order valence-electron chi connectivity index (χ4n) is 0.762. The molecule has 0 amide bonds. The predicted molar refractivity (Wildman–Crippen MR) is 35.6 cm³/mol. The summed E-state index contributed by atoms with van der Waals surface area (Å²) in [5.41, 5.74) is 0. The van der Waals surface area contributed by atoms with E-state index >= 15 is 0 Å². The van der Waals surface area contributed by atoms with Gasteiger partial charge in [0.1, 0.15) is 0 Å². The Labute approximate surface area is 60.3 Å². The molecule has 0 unspecified atom stereocenters. The van der Waals surface area contributed by atoms with E-state index in [4.69, 9.17) is 9.47 Å². The van der Waals surface area contributed by atoms with Crippen molar-refractivity contribution in [3.8, 4) is 0 Å². The Kier molecular flexibility index (Phi) is 2.68. The van der Waals surface area contributed by atoms with Gasteiger partial charge >= 0.3 is 5.97 Å². The highest BCUT2D eigenvalue weighted by Gasteiger charge is 2.21. The number of hydrogen-bond donors (Lipinski definition) is 0. The minimum atomic E-state index is -0.197. The van der Waals surface area contributed by atoms with Crippen LogP contribution in [0.2, 0.25) is 0 Å². The molecule has 0 N–H and O–H groups in total. The van der Waals surface area contributed by atoms with Gasteiger partial charge in [0.15, 0.2) is 0 Å². The average molecular weight is 144 g/mol. The maximum Gasteiger partial charge on any atom is 0.302 e. The molecule has 1 aliphatic rings. The normalized spacial score (nSPS) is 22.3. The van der Waals surface area contributed by atoms with Crippen molar-refractivity contribution < 1.29 is 14.3 Å². The van der Waals surface area contributed by atoms with Crippen LogP contribution < -0.4 is 0 Å². The molecule has 0 spiro atoms. The third kappa shape index (κ3) is 3.45. The molecular formula is C7H12O3. The lowest BCUT2D eigenvalue weighted by atomic mass is 10.3. The van der Waals surface area contributed by atoms with E-state index in [1.54, 1.807) is 0 Å². The number of esters is 1. The third-order valence-electron chi connectivity index (χ3n) is 1.38. The molecule has 0 radical (unpaired) electrons. The van der Waals surface area contributed by atoms with Gasteiger partial charge in [-0.05, 0) is 12.8 Å². The van der Waals surface area contributed by atoms with Gasteiger partial charge in [0, 0.05) is 6.92 Å². The average Bonchev–Trinajstić information content (AvgIpc) is 2.62. The molecule has 1 rings (SSSR count). The lowest BCUT2D eigenvalue weighted by molar-refractivity contribution is -0.141. The van der Waals surface area contributed by atoms with Gasteiger partial charge in [0.05, 0.1) is 19.3 Å². The first kappa shape index (κ1) is 7.54. The maximum absolute atomic E-state index is 10.3. The van der Waals surface area contributed by atoms with E-state index in [1.807, 2.05) is 0 Å². The molecule has 0 aliphatic carbocycles. The SMILES string of the molecule is CC(=O)OCCC[C@H]1CO1. The van der Waals surface area contributed by atoms with Crippen molar-refractivity contribution in [3.05, 3.63) is 0 Å². The third-order valence-corrected chi connectivity index (χ3v) is 1.38. The van der Waals surface area contributed by atoms with Crippen molar-refractivity contribution in [2.45, 2.75) is 25.9 Å². The van der Waals surface area contributed by atoms with E-state index in [9.17, 15) is 4.79 Å². The fourth-order valence-corrected chi connectivity index (χ4v) is 0.762.